The Labute approximate surface area is 55.4 Å². The van der Waals surface area contributed by atoms with E-state index in [2.05, 4.69) is 6.92 Å². The standard InChI is InChI=1S/C8H12O/c1-5-2-8(9)7-3-6(5)4-7/h2,6-9H,3-4H2,1H3. The smallest absolute Gasteiger partial charge is 0.0752 e. The number of rotatable bonds is 0. The summed E-state index contributed by atoms with van der Waals surface area (Å²) in [5, 5.41) is 9.31. The Morgan fingerprint density at radius 3 is 2.56 bits per heavy atom. The van der Waals surface area contributed by atoms with Gasteiger partial charge in [-0.05, 0) is 31.6 Å². The van der Waals surface area contributed by atoms with E-state index in [-0.39, 0.29) is 6.10 Å². The summed E-state index contributed by atoms with van der Waals surface area (Å²) in [7, 11) is 0. The van der Waals surface area contributed by atoms with E-state index in [1.165, 1.54) is 18.4 Å². The van der Waals surface area contributed by atoms with Gasteiger partial charge >= 0.3 is 0 Å². The van der Waals surface area contributed by atoms with Crippen LogP contribution in [0.15, 0.2) is 11.6 Å². The van der Waals surface area contributed by atoms with Crippen molar-refractivity contribution in [3.63, 3.8) is 0 Å². The molecule has 0 aliphatic heterocycles. The molecule has 0 heterocycles. The van der Waals surface area contributed by atoms with E-state index >= 15 is 0 Å². The summed E-state index contributed by atoms with van der Waals surface area (Å²) in [6.07, 6.45) is 4.38. The first-order chi connectivity index (χ1) is 4.27. The van der Waals surface area contributed by atoms with Gasteiger partial charge in [-0.1, -0.05) is 11.6 Å². The molecule has 0 radical (unpaired) electrons. The lowest BCUT2D eigenvalue weighted by molar-refractivity contribution is 0.0533. The number of hydrogen-bond acceptors (Lipinski definition) is 1. The third-order valence-corrected chi connectivity index (χ3v) is 2.74. The molecule has 50 valence electrons. The first kappa shape index (κ1) is 5.48. The number of hydrogen-bond donors (Lipinski definition) is 1. The summed E-state index contributed by atoms with van der Waals surface area (Å²) in [4.78, 5) is 0. The van der Waals surface area contributed by atoms with Gasteiger partial charge in [0.05, 0.1) is 6.10 Å². The summed E-state index contributed by atoms with van der Waals surface area (Å²) >= 11 is 0. The maximum atomic E-state index is 9.31. The van der Waals surface area contributed by atoms with E-state index in [9.17, 15) is 5.11 Å². The van der Waals surface area contributed by atoms with E-state index in [0.29, 0.717) is 5.92 Å². The molecule has 0 amide bonds. The van der Waals surface area contributed by atoms with Crippen LogP contribution in [0.25, 0.3) is 0 Å². The van der Waals surface area contributed by atoms with Crippen LogP contribution >= 0.6 is 0 Å². The van der Waals surface area contributed by atoms with Gasteiger partial charge in [-0.2, -0.15) is 0 Å². The van der Waals surface area contributed by atoms with Crippen molar-refractivity contribution in [2.24, 2.45) is 11.8 Å². The second-order valence-electron chi connectivity index (χ2n) is 3.33. The summed E-state index contributed by atoms with van der Waals surface area (Å²) in [5.74, 6) is 1.44. The number of fused-ring (bicyclic) bond motifs is 1. The van der Waals surface area contributed by atoms with E-state index < -0.39 is 0 Å². The summed E-state index contributed by atoms with van der Waals surface area (Å²) in [6.45, 7) is 2.13. The van der Waals surface area contributed by atoms with E-state index in [1.54, 1.807) is 0 Å². The molecule has 3 aliphatic carbocycles. The summed E-state index contributed by atoms with van der Waals surface area (Å²) < 4.78 is 0. The minimum absolute atomic E-state index is 0.116. The fraction of sp³-hybridized carbons (Fsp3) is 0.750. The average molecular weight is 124 g/mol. The van der Waals surface area contributed by atoms with Crippen LogP contribution < -0.4 is 0 Å². The van der Waals surface area contributed by atoms with Crippen molar-refractivity contribution >= 4 is 0 Å². The fourth-order valence-corrected chi connectivity index (χ4v) is 1.85. The van der Waals surface area contributed by atoms with Crippen LogP contribution in [0.1, 0.15) is 19.8 Å². The highest BCUT2D eigenvalue weighted by molar-refractivity contribution is 5.18. The number of aliphatic hydroxyl groups excluding tert-OH is 1. The van der Waals surface area contributed by atoms with Crippen molar-refractivity contribution in [3.8, 4) is 0 Å². The van der Waals surface area contributed by atoms with Crippen LogP contribution in [0.2, 0.25) is 0 Å². The van der Waals surface area contributed by atoms with E-state index in [4.69, 9.17) is 0 Å². The zero-order chi connectivity index (χ0) is 6.43. The molecule has 1 nitrogen and oxygen atoms in total. The van der Waals surface area contributed by atoms with Gasteiger partial charge in [0.15, 0.2) is 0 Å². The molecule has 2 bridgehead atoms. The van der Waals surface area contributed by atoms with Crippen molar-refractivity contribution in [2.75, 3.05) is 0 Å². The van der Waals surface area contributed by atoms with Gasteiger partial charge in [0.25, 0.3) is 0 Å². The van der Waals surface area contributed by atoms with Crippen molar-refractivity contribution in [1.29, 1.82) is 0 Å². The van der Waals surface area contributed by atoms with Gasteiger partial charge in [-0.3, -0.25) is 0 Å². The second-order valence-corrected chi connectivity index (χ2v) is 3.33. The minimum Gasteiger partial charge on any atom is -0.389 e. The monoisotopic (exact) mass is 124 g/mol. The predicted octanol–water partition coefficient (Wildman–Crippen LogP) is 1.33. The molecule has 3 aliphatic rings. The molecule has 0 aromatic rings. The largest absolute Gasteiger partial charge is 0.389 e. The Kier molecular flexibility index (Phi) is 0.974. The van der Waals surface area contributed by atoms with Crippen molar-refractivity contribution < 1.29 is 5.11 Å². The number of allylic oxidation sites excluding steroid dienone is 1. The van der Waals surface area contributed by atoms with Crippen molar-refractivity contribution in [3.05, 3.63) is 11.6 Å². The summed E-state index contributed by atoms with van der Waals surface area (Å²) in [5.41, 5.74) is 1.41. The molecule has 1 atom stereocenters. The van der Waals surface area contributed by atoms with Gasteiger partial charge in [-0.25, -0.2) is 0 Å². The topological polar surface area (TPSA) is 20.2 Å². The Balaban J connectivity index is 2.24. The minimum atomic E-state index is -0.116. The predicted molar refractivity (Wildman–Crippen MR) is 36.0 cm³/mol. The Morgan fingerprint density at radius 2 is 2.22 bits per heavy atom. The summed E-state index contributed by atoms with van der Waals surface area (Å²) in [6, 6.07) is 0. The molecule has 3 rings (SSSR count). The quantitative estimate of drug-likeness (QED) is 0.483. The van der Waals surface area contributed by atoms with Crippen LogP contribution in [-0.4, -0.2) is 11.2 Å². The third kappa shape index (κ3) is 0.645. The van der Waals surface area contributed by atoms with E-state index in [0.717, 1.165) is 5.92 Å². The highest BCUT2D eigenvalue weighted by Gasteiger charge is 2.38. The van der Waals surface area contributed by atoms with Gasteiger partial charge in [0.1, 0.15) is 0 Å². The molecule has 0 spiro atoms. The molecule has 1 unspecified atom stereocenters. The lowest BCUT2D eigenvalue weighted by atomic mass is 9.64. The fourth-order valence-electron chi connectivity index (χ4n) is 1.85. The maximum Gasteiger partial charge on any atom is 0.0752 e. The normalized spacial score (nSPS) is 47.8. The lowest BCUT2D eigenvalue weighted by Gasteiger charge is -2.43. The molecule has 1 saturated carbocycles. The molecular weight excluding hydrogens is 112 g/mol. The molecule has 1 fully saturated rings. The molecule has 1 heteroatoms. The van der Waals surface area contributed by atoms with Crippen LogP contribution in [0.3, 0.4) is 0 Å². The highest BCUT2D eigenvalue weighted by atomic mass is 16.3. The van der Waals surface area contributed by atoms with Gasteiger partial charge < -0.3 is 5.11 Å². The zero-order valence-electron chi connectivity index (χ0n) is 5.67. The lowest BCUT2D eigenvalue weighted by Crippen LogP contribution is -2.37. The second kappa shape index (κ2) is 1.60. The first-order valence-corrected chi connectivity index (χ1v) is 3.64. The SMILES string of the molecule is CC1=CC(O)C2CC1C2. The Morgan fingerprint density at radius 1 is 1.56 bits per heavy atom. The first-order valence-electron chi connectivity index (χ1n) is 3.64. The van der Waals surface area contributed by atoms with Crippen molar-refractivity contribution in [2.45, 2.75) is 25.9 Å². The number of aliphatic hydroxyl groups is 1. The molecular formula is C8H12O. The molecule has 0 aromatic carbocycles. The van der Waals surface area contributed by atoms with Gasteiger partial charge in [0.2, 0.25) is 0 Å². The highest BCUT2D eigenvalue weighted by Crippen LogP contribution is 2.45. The molecule has 0 aromatic heterocycles. The third-order valence-electron chi connectivity index (χ3n) is 2.74. The van der Waals surface area contributed by atoms with Crippen LogP contribution in [0.5, 0.6) is 0 Å². The average Bonchev–Trinajstić information content (AvgIpc) is 1.57. The Bertz CT molecular complexity index is 154. The molecule has 1 N–H and O–H groups in total. The maximum absolute atomic E-state index is 9.31. The zero-order valence-corrected chi connectivity index (χ0v) is 5.67. The van der Waals surface area contributed by atoms with Gasteiger partial charge in [-0.15, -0.1) is 0 Å². The van der Waals surface area contributed by atoms with E-state index in [1.807, 2.05) is 6.08 Å². The molecule has 0 saturated heterocycles. The van der Waals surface area contributed by atoms with Gasteiger partial charge in [0, 0.05) is 0 Å². The Hall–Kier alpha value is -0.300. The van der Waals surface area contributed by atoms with Crippen molar-refractivity contribution in [1.82, 2.24) is 0 Å². The van der Waals surface area contributed by atoms with Crippen LogP contribution in [0.4, 0.5) is 0 Å². The van der Waals surface area contributed by atoms with Crippen LogP contribution in [-0.2, 0) is 0 Å². The molecule has 9 heavy (non-hydrogen) atoms. The van der Waals surface area contributed by atoms with Crippen LogP contribution in [0, 0.1) is 11.8 Å².